The molecule has 1 saturated heterocycles. The molecule has 82 valence electrons. The molecule has 15 heavy (non-hydrogen) atoms. The van der Waals surface area contributed by atoms with Gasteiger partial charge in [-0.1, -0.05) is 0 Å². The van der Waals surface area contributed by atoms with Gasteiger partial charge in [0.1, 0.15) is 0 Å². The van der Waals surface area contributed by atoms with Crippen LogP contribution in [0.4, 0.5) is 0 Å². The van der Waals surface area contributed by atoms with Crippen LogP contribution in [0.3, 0.4) is 0 Å². The monoisotopic (exact) mass is 225 g/mol. The summed E-state index contributed by atoms with van der Waals surface area (Å²) in [7, 11) is 0. The van der Waals surface area contributed by atoms with Crippen molar-refractivity contribution in [1.82, 2.24) is 5.32 Å². The van der Waals surface area contributed by atoms with Gasteiger partial charge in [-0.25, -0.2) is 0 Å². The zero-order valence-electron chi connectivity index (χ0n) is 8.73. The standard InChI is InChI=1S/C11H15NO2S/c1-8(10-3-2-5-14-10)12-11(13)9-4-6-15-7-9/h4,6-8,10H,2-3,5H2,1H3,(H,12,13). The number of hydrogen-bond acceptors (Lipinski definition) is 3. The minimum atomic E-state index is -0.000694. The molecule has 1 fully saturated rings. The summed E-state index contributed by atoms with van der Waals surface area (Å²) in [6.45, 7) is 2.82. The summed E-state index contributed by atoms with van der Waals surface area (Å²) in [6, 6.07) is 1.93. The fraction of sp³-hybridized carbons (Fsp3) is 0.545. The lowest BCUT2D eigenvalue weighted by atomic mass is 10.1. The first-order valence-electron chi connectivity index (χ1n) is 5.22. The van der Waals surface area contributed by atoms with E-state index in [0.717, 1.165) is 25.0 Å². The van der Waals surface area contributed by atoms with Crippen molar-refractivity contribution in [3.05, 3.63) is 22.4 Å². The average Bonchev–Trinajstić information content (AvgIpc) is 2.91. The van der Waals surface area contributed by atoms with Crippen molar-refractivity contribution >= 4 is 17.2 Å². The Balaban J connectivity index is 1.88. The van der Waals surface area contributed by atoms with Crippen LogP contribution in [0.25, 0.3) is 0 Å². The first-order chi connectivity index (χ1) is 7.27. The van der Waals surface area contributed by atoms with Gasteiger partial charge in [-0.2, -0.15) is 11.3 Å². The summed E-state index contributed by atoms with van der Waals surface area (Å²) in [4.78, 5) is 11.7. The van der Waals surface area contributed by atoms with Crippen LogP contribution in [0.1, 0.15) is 30.1 Å². The van der Waals surface area contributed by atoms with Crippen LogP contribution in [0.15, 0.2) is 16.8 Å². The third kappa shape index (κ3) is 2.58. The Labute approximate surface area is 93.4 Å². The van der Waals surface area contributed by atoms with Crippen LogP contribution in [0.5, 0.6) is 0 Å². The molecule has 1 amide bonds. The van der Waals surface area contributed by atoms with Crippen molar-refractivity contribution in [1.29, 1.82) is 0 Å². The smallest absolute Gasteiger partial charge is 0.252 e. The number of nitrogens with one attached hydrogen (secondary N) is 1. The van der Waals surface area contributed by atoms with Crippen LogP contribution < -0.4 is 5.32 Å². The maximum absolute atomic E-state index is 11.7. The number of thiophene rings is 1. The van der Waals surface area contributed by atoms with E-state index in [2.05, 4.69) is 5.32 Å². The van der Waals surface area contributed by atoms with Crippen LogP contribution >= 0.6 is 11.3 Å². The van der Waals surface area contributed by atoms with Crippen LogP contribution in [-0.4, -0.2) is 24.7 Å². The first kappa shape index (κ1) is 10.6. The van der Waals surface area contributed by atoms with E-state index >= 15 is 0 Å². The predicted octanol–water partition coefficient (Wildman–Crippen LogP) is 2.05. The van der Waals surface area contributed by atoms with Crippen molar-refractivity contribution in [3.63, 3.8) is 0 Å². The summed E-state index contributed by atoms with van der Waals surface area (Å²) in [5, 5.41) is 6.73. The molecule has 2 atom stereocenters. The van der Waals surface area contributed by atoms with Crippen molar-refractivity contribution in [2.75, 3.05) is 6.61 Å². The van der Waals surface area contributed by atoms with Crippen LogP contribution in [-0.2, 0) is 4.74 Å². The van der Waals surface area contributed by atoms with Crippen molar-refractivity contribution < 1.29 is 9.53 Å². The topological polar surface area (TPSA) is 38.3 Å². The molecule has 0 saturated carbocycles. The van der Waals surface area contributed by atoms with E-state index in [1.165, 1.54) is 11.3 Å². The molecule has 1 aromatic rings. The molecular formula is C11H15NO2S. The number of carbonyl (C=O) groups excluding carboxylic acids is 1. The van der Waals surface area contributed by atoms with Gasteiger partial charge in [-0.15, -0.1) is 0 Å². The summed E-state index contributed by atoms with van der Waals surface area (Å²) in [5.74, 6) is -0.000694. The lowest BCUT2D eigenvalue weighted by molar-refractivity contribution is 0.0712. The molecule has 1 aromatic heterocycles. The van der Waals surface area contributed by atoms with Gasteiger partial charge >= 0.3 is 0 Å². The third-order valence-corrected chi connectivity index (χ3v) is 3.35. The minimum Gasteiger partial charge on any atom is -0.376 e. The maximum atomic E-state index is 11.7. The van der Waals surface area contributed by atoms with E-state index < -0.39 is 0 Å². The van der Waals surface area contributed by atoms with Gasteiger partial charge in [0.25, 0.3) is 5.91 Å². The number of rotatable bonds is 3. The van der Waals surface area contributed by atoms with E-state index in [0.29, 0.717) is 0 Å². The highest BCUT2D eigenvalue weighted by Crippen LogP contribution is 2.16. The highest BCUT2D eigenvalue weighted by atomic mass is 32.1. The quantitative estimate of drug-likeness (QED) is 0.855. The van der Waals surface area contributed by atoms with E-state index in [1.54, 1.807) is 0 Å². The lowest BCUT2D eigenvalue weighted by Crippen LogP contribution is -2.40. The van der Waals surface area contributed by atoms with Gasteiger partial charge in [-0.05, 0) is 31.2 Å². The van der Waals surface area contributed by atoms with Gasteiger partial charge in [0, 0.05) is 17.6 Å². The Morgan fingerprint density at radius 3 is 3.20 bits per heavy atom. The van der Waals surface area contributed by atoms with Gasteiger partial charge < -0.3 is 10.1 Å². The Bertz CT molecular complexity index is 317. The highest BCUT2D eigenvalue weighted by molar-refractivity contribution is 7.08. The molecule has 2 unspecified atom stereocenters. The van der Waals surface area contributed by atoms with Gasteiger partial charge in [0.05, 0.1) is 12.1 Å². The second-order valence-electron chi connectivity index (χ2n) is 3.83. The van der Waals surface area contributed by atoms with E-state index in [9.17, 15) is 4.79 Å². The first-order valence-corrected chi connectivity index (χ1v) is 6.16. The molecule has 4 heteroatoms. The molecule has 3 nitrogen and oxygen atoms in total. The number of amides is 1. The summed E-state index contributed by atoms with van der Waals surface area (Å²) >= 11 is 1.54. The fourth-order valence-corrected chi connectivity index (χ4v) is 2.41. The lowest BCUT2D eigenvalue weighted by Gasteiger charge is -2.19. The molecule has 2 rings (SSSR count). The zero-order valence-corrected chi connectivity index (χ0v) is 9.55. The van der Waals surface area contributed by atoms with Crippen LogP contribution in [0, 0.1) is 0 Å². The maximum Gasteiger partial charge on any atom is 0.252 e. The predicted molar refractivity (Wildman–Crippen MR) is 60.2 cm³/mol. The summed E-state index contributed by atoms with van der Waals surface area (Å²) in [5.41, 5.74) is 0.741. The SMILES string of the molecule is CC(NC(=O)c1ccsc1)C1CCCO1. The Hall–Kier alpha value is -0.870. The minimum absolute atomic E-state index is 0.000694. The fourth-order valence-electron chi connectivity index (χ4n) is 1.77. The number of hydrogen-bond donors (Lipinski definition) is 1. The summed E-state index contributed by atoms with van der Waals surface area (Å²) in [6.07, 6.45) is 2.33. The molecule has 0 aliphatic carbocycles. The zero-order chi connectivity index (χ0) is 10.7. The second-order valence-corrected chi connectivity index (χ2v) is 4.61. The van der Waals surface area contributed by atoms with E-state index in [-0.39, 0.29) is 18.1 Å². The largest absolute Gasteiger partial charge is 0.376 e. The Morgan fingerprint density at radius 1 is 1.73 bits per heavy atom. The Kier molecular flexibility index (Phi) is 3.38. The van der Waals surface area contributed by atoms with Gasteiger partial charge in [0.2, 0.25) is 0 Å². The second kappa shape index (κ2) is 4.77. The third-order valence-electron chi connectivity index (χ3n) is 2.66. The van der Waals surface area contributed by atoms with Crippen molar-refractivity contribution in [2.24, 2.45) is 0 Å². The van der Waals surface area contributed by atoms with Crippen LogP contribution in [0.2, 0.25) is 0 Å². The number of ether oxygens (including phenoxy) is 1. The molecule has 2 heterocycles. The molecule has 1 aliphatic heterocycles. The van der Waals surface area contributed by atoms with E-state index in [4.69, 9.17) is 4.74 Å². The van der Waals surface area contributed by atoms with Gasteiger partial charge in [-0.3, -0.25) is 4.79 Å². The van der Waals surface area contributed by atoms with Gasteiger partial charge in [0.15, 0.2) is 0 Å². The molecule has 0 bridgehead atoms. The van der Waals surface area contributed by atoms with Crippen molar-refractivity contribution in [3.8, 4) is 0 Å². The molecule has 0 radical (unpaired) electrons. The van der Waals surface area contributed by atoms with Crippen molar-refractivity contribution in [2.45, 2.75) is 31.9 Å². The average molecular weight is 225 g/mol. The number of carbonyl (C=O) groups is 1. The Morgan fingerprint density at radius 2 is 2.60 bits per heavy atom. The molecule has 1 N–H and O–H groups in total. The summed E-state index contributed by atoms with van der Waals surface area (Å²) < 4.78 is 5.52. The molecule has 1 aliphatic rings. The van der Waals surface area contributed by atoms with E-state index in [1.807, 2.05) is 23.8 Å². The highest BCUT2D eigenvalue weighted by Gasteiger charge is 2.23. The molecule has 0 aromatic carbocycles. The normalized spacial score (nSPS) is 22.6. The molecular weight excluding hydrogens is 210 g/mol. The molecule has 0 spiro atoms.